The van der Waals surface area contributed by atoms with Gasteiger partial charge in [0.1, 0.15) is 12.4 Å². The molecular formula is C12H20O2. The quantitative estimate of drug-likeness (QED) is 0.689. The second-order valence-corrected chi connectivity index (χ2v) is 2.66. The number of hydrogen-bond acceptors (Lipinski definition) is 2. The Hall–Kier alpha value is -1.02. The van der Waals surface area contributed by atoms with Crippen molar-refractivity contribution in [1.29, 1.82) is 0 Å². The second-order valence-electron chi connectivity index (χ2n) is 2.66. The maximum Gasteiger partial charge on any atom is 0.119 e. The van der Waals surface area contributed by atoms with E-state index in [1.807, 2.05) is 45.0 Å². The van der Waals surface area contributed by atoms with Gasteiger partial charge in [-0.1, -0.05) is 26.0 Å². The minimum absolute atomic E-state index is 0.611. The number of methoxy groups -OCH3 is 1. The van der Waals surface area contributed by atoms with Gasteiger partial charge in [-0.2, -0.15) is 0 Å². The summed E-state index contributed by atoms with van der Waals surface area (Å²) >= 11 is 0. The summed E-state index contributed by atoms with van der Waals surface area (Å²) in [6.45, 7) is 7.29. The fraction of sp³-hybridized carbons (Fsp3) is 0.500. The van der Waals surface area contributed by atoms with Crippen LogP contribution in [0.3, 0.4) is 0 Å². The third-order valence-corrected chi connectivity index (χ3v) is 1.55. The molecule has 0 aliphatic heterocycles. The van der Waals surface area contributed by atoms with E-state index in [0.29, 0.717) is 13.2 Å². The van der Waals surface area contributed by atoms with Gasteiger partial charge >= 0.3 is 0 Å². The van der Waals surface area contributed by atoms with Crippen LogP contribution in [0.4, 0.5) is 0 Å². The van der Waals surface area contributed by atoms with Crippen LogP contribution in [-0.2, 0) is 4.74 Å². The molecule has 0 spiro atoms. The van der Waals surface area contributed by atoms with Crippen LogP contribution in [0.25, 0.3) is 0 Å². The number of aryl methyl sites for hydroxylation is 1. The average molecular weight is 196 g/mol. The molecule has 0 aliphatic rings. The van der Waals surface area contributed by atoms with E-state index in [9.17, 15) is 0 Å². The molecule has 0 aliphatic carbocycles. The lowest BCUT2D eigenvalue weighted by Crippen LogP contribution is -2.03. The van der Waals surface area contributed by atoms with Crippen LogP contribution in [-0.4, -0.2) is 20.3 Å². The molecule has 0 bridgehead atoms. The zero-order chi connectivity index (χ0) is 10.8. The van der Waals surface area contributed by atoms with Crippen molar-refractivity contribution in [2.24, 2.45) is 0 Å². The molecule has 2 heteroatoms. The molecule has 1 aromatic carbocycles. The van der Waals surface area contributed by atoms with Crippen LogP contribution in [0.5, 0.6) is 5.75 Å². The molecule has 1 rings (SSSR count). The van der Waals surface area contributed by atoms with Crippen molar-refractivity contribution in [2.75, 3.05) is 20.3 Å². The molecule has 0 saturated carbocycles. The van der Waals surface area contributed by atoms with Gasteiger partial charge in [-0.25, -0.2) is 0 Å². The number of ether oxygens (including phenoxy) is 2. The molecule has 1 aromatic rings. The van der Waals surface area contributed by atoms with Gasteiger partial charge < -0.3 is 9.47 Å². The smallest absolute Gasteiger partial charge is 0.119 e. The summed E-state index contributed by atoms with van der Waals surface area (Å²) in [6, 6.07) is 7.99. The van der Waals surface area contributed by atoms with Crippen LogP contribution < -0.4 is 4.74 Å². The summed E-state index contributed by atoms with van der Waals surface area (Å²) in [5, 5.41) is 0. The van der Waals surface area contributed by atoms with Gasteiger partial charge in [0.2, 0.25) is 0 Å². The van der Waals surface area contributed by atoms with E-state index in [1.165, 1.54) is 5.56 Å². The van der Waals surface area contributed by atoms with Crippen LogP contribution >= 0.6 is 0 Å². The van der Waals surface area contributed by atoms with Crippen molar-refractivity contribution >= 4 is 0 Å². The van der Waals surface area contributed by atoms with E-state index >= 15 is 0 Å². The van der Waals surface area contributed by atoms with Crippen LogP contribution in [0.2, 0.25) is 0 Å². The molecular weight excluding hydrogens is 176 g/mol. The van der Waals surface area contributed by atoms with Crippen molar-refractivity contribution in [3.05, 3.63) is 29.8 Å². The Morgan fingerprint density at radius 2 is 1.86 bits per heavy atom. The van der Waals surface area contributed by atoms with E-state index in [0.717, 1.165) is 5.75 Å². The summed E-state index contributed by atoms with van der Waals surface area (Å²) in [4.78, 5) is 0. The van der Waals surface area contributed by atoms with Gasteiger partial charge in [0, 0.05) is 7.11 Å². The lowest BCUT2D eigenvalue weighted by molar-refractivity contribution is 0.146. The van der Waals surface area contributed by atoms with Crippen molar-refractivity contribution in [1.82, 2.24) is 0 Å². The standard InChI is InChI=1S/C10H14O2.C2H6/c1-9-4-3-5-10(8-9)12-7-6-11-2;1-2/h3-5,8H,6-7H2,1-2H3;1-2H3. The van der Waals surface area contributed by atoms with Crippen LogP contribution in [0.15, 0.2) is 24.3 Å². The first kappa shape index (κ1) is 13.0. The largest absolute Gasteiger partial charge is 0.491 e. The highest BCUT2D eigenvalue weighted by atomic mass is 16.5. The van der Waals surface area contributed by atoms with Gasteiger partial charge in [-0.15, -0.1) is 0 Å². The fourth-order valence-corrected chi connectivity index (χ4v) is 0.948. The molecule has 2 nitrogen and oxygen atoms in total. The Kier molecular flexibility index (Phi) is 7.95. The Balaban J connectivity index is 0.000000791. The molecule has 0 amide bonds. The highest BCUT2D eigenvalue weighted by Gasteiger charge is 1.91. The highest BCUT2D eigenvalue weighted by molar-refractivity contribution is 5.27. The molecule has 0 aromatic heterocycles. The topological polar surface area (TPSA) is 18.5 Å². The summed E-state index contributed by atoms with van der Waals surface area (Å²) in [5.74, 6) is 0.909. The van der Waals surface area contributed by atoms with Crippen LogP contribution in [0, 0.1) is 6.92 Å². The predicted molar refractivity (Wildman–Crippen MR) is 59.9 cm³/mol. The first-order valence-electron chi connectivity index (χ1n) is 5.01. The van der Waals surface area contributed by atoms with E-state index in [1.54, 1.807) is 7.11 Å². The minimum atomic E-state index is 0.611. The number of hydrogen-bond donors (Lipinski definition) is 0. The molecule has 14 heavy (non-hydrogen) atoms. The van der Waals surface area contributed by atoms with Gasteiger partial charge in [-0.3, -0.25) is 0 Å². The highest BCUT2D eigenvalue weighted by Crippen LogP contribution is 2.11. The summed E-state index contributed by atoms with van der Waals surface area (Å²) < 4.78 is 10.3. The normalized spacial score (nSPS) is 8.86. The van der Waals surface area contributed by atoms with E-state index in [2.05, 4.69) is 0 Å². The zero-order valence-corrected chi connectivity index (χ0v) is 9.54. The SMILES string of the molecule is CC.COCCOc1cccc(C)c1. The lowest BCUT2D eigenvalue weighted by Gasteiger charge is -2.05. The van der Waals surface area contributed by atoms with Crippen LogP contribution in [0.1, 0.15) is 19.4 Å². The third-order valence-electron chi connectivity index (χ3n) is 1.55. The van der Waals surface area contributed by atoms with Crippen molar-refractivity contribution < 1.29 is 9.47 Å². The van der Waals surface area contributed by atoms with Gasteiger partial charge in [0.25, 0.3) is 0 Å². The van der Waals surface area contributed by atoms with Crippen molar-refractivity contribution in [3.63, 3.8) is 0 Å². The third kappa shape index (κ3) is 5.60. The first-order chi connectivity index (χ1) is 6.83. The van der Waals surface area contributed by atoms with Gasteiger partial charge in [0.15, 0.2) is 0 Å². The maximum atomic E-state index is 5.40. The molecule has 0 unspecified atom stereocenters. The minimum Gasteiger partial charge on any atom is -0.491 e. The Morgan fingerprint density at radius 1 is 1.14 bits per heavy atom. The monoisotopic (exact) mass is 196 g/mol. The van der Waals surface area contributed by atoms with Crippen molar-refractivity contribution in [3.8, 4) is 5.75 Å². The molecule has 0 atom stereocenters. The summed E-state index contributed by atoms with van der Waals surface area (Å²) in [7, 11) is 1.67. The van der Waals surface area contributed by atoms with E-state index in [4.69, 9.17) is 9.47 Å². The van der Waals surface area contributed by atoms with E-state index < -0.39 is 0 Å². The molecule has 0 radical (unpaired) electrons. The molecule has 0 N–H and O–H groups in total. The molecule has 0 saturated heterocycles. The first-order valence-corrected chi connectivity index (χ1v) is 5.01. The van der Waals surface area contributed by atoms with Crippen molar-refractivity contribution in [2.45, 2.75) is 20.8 Å². The zero-order valence-electron chi connectivity index (χ0n) is 9.54. The average Bonchev–Trinajstić information content (AvgIpc) is 2.21. The Labute approximate surface area is 86.9 Å². The predicted octanol–water partition coefficient (Wildman–Crippen LogP) is 3.05. The number of rotatable bonds is 4. The van der Waals surface area contributed by atoms with Gasteiger partial charge in [-0.05, 0) is 24.6 Å². The number of benzene rings is 1. The molecule has 80 valence electrons. The summed E-state index contributed by atoms with van der Waals surface area (Å²) in [5.41, 5.74) is 1.21. The molecule has 0 fully saturated rings. The Morgan fingerprint density at radius 3 is 2.43 bits per heavy atom. The van der Waals surface area contributed by atoms with Gasteiger partial charge in [0.05, 0.1) is 6.61 Å². The Bertz CT molecular complexity index is 234. The fourth-order valence-electron chi connectivity index (χ4n) is 0.948. The second kappa shape index (κ2) is 8.57. The summed E-state index contributed by atoms with van der Waals surface area (Å²) in [6.07, 6.45) is 0. The van der Waals surface area contributed by atoms with E-state index in [-0.39, 0.29) is 0 Å². The molecule has 0 heterocycles. The maximum absolute atomic E-state index is 5.40. The lowest BCUT2D eigenvalue weighted by atomic mass is 10.2.